The van der Waals surface area contributed by atoms with Crippen LogP contribution in [-0.4, -0.2) is 62.6 Å². The number of nitrogens with one attached hydrogen (secondary N) is 1. The molecule has 3 amide bonds. The van der Waals surface area contributed by atoms with Gasteiger partial charge in [0.1, 0.15) is 12.3 Å². The number of hydrogen-bond donors (Lipinski definition) is 1. The Morgan fingerprint density at radius 2 is 1.89 bits per heavy atom. The minimum absolute atomic E-state index is 0.0495. The number of carbonyl (C=O) groups is 3. The molecule has 2 aliphatic rings. The molecule has 190 valence electrons. The lowest BCUT2D eigenvalue weighted by Gasteiger charge is -2.33. The van der Waals surface area contributed by atoms with Gasteiger partial charge in [-0.05, 0) is 68.2 Å². The van der Waals surface area contributed by atoms with Crippen LogP contribution < -0.4 is 24.4 Å². The van der Waals surface area contributed by atoms with Crippen molar-refractivity contribution in [3.8, 4) is 17.2 Å². The molecule has 0 spiro atoms. The minimum Gasteiger partial charge on any atom is -0.493 e. The Balaban J connectivity index is 1.45. The predicted octanol–water partition coefficient (Wildman–Crippen LogP) is 3.48. The SMILES string of the molecule is CCOc1ccc(/C=C/C(=O)Nc2ccc3c(c2)N(CC(=O)N2CCCCC2)C(=O)CO3)cc1OC. The van der Waals surface area contributed by atoms with E-state index in [-0.39, 0.29) is 30.9 Å². The van der Waals surface area contributed by atoms with Crippen LogP contribution in [0.4, 0.5) is 11.4 Å². The van der Waals surface area contributed by atoms with E-state index in [2.05, 4.69) is 5.32 Å². The van der Waals surface area contributed by atoms with Crippen molar-refractivity contribution in [2.75, 3.05) is 50.2 Å². The van der Waals surface area contributed by atoms with Gasteiger partial charge in [-0.25, -0.2) is 0 Å². The molecule has 36 heavy (non-hydrogen) atoms. The maximum Gasteiger partial charge on any atom is 0.265 e. The Hall–Kier alpha value is -4.01. The number of anilines is 2. The van der Waals surface area contributed by atoms with Crippen molar-refractivity contribution >= 4 is 35.2 Å². The summed E-state index contributed by atoms with van der Waals surface area (Å²) in [4.78, 5) is 41.2. The van der Waals surface area contributed by atoms with Gasteiger partial charge in [0.05, 0.1) is 19.4 Å². The highest BCUT2D eigenvalue weighted by Gasteiger charge is 2.29. The molecule has 0 radical (unpaired) electrons. The number of nitrogens with zero attached hydrogens (tertiary/aromatic N) is 2. The fraction of sp³-hybridized carbons (Fsp3) is 0.370. The molecule has 2 aliphatic heterocycles. The molecule has 0 aliphatic carbocycles. The molecule has 1 fully saturated rings. The fourth-order valence-electron chi connectivity index (χ4n) is 4.25. The summed E-state index contributed by atoms with van der Waals surface area (Å²) in [7, 11) is 1.56. The normalized spacial score (nSPS) is 15.3. The summed E-state index contributed by atoms with van der Waals surface area (Å²) in [5.74, 6) is 0.992. The van der Waals surface area contributed by atoms with Crippen molar-refractivity contribution in [1.82, 2.24) is 4.90 Å². The molecule has 1 saturated heterocycles. The third kappa shape index (κ3) is 5.97. The molecule has 4 rings (SSSR count). The van der Waals surface area contributed by atoms with E-state index in [1.54, 1.807) is 48.4 Å². The molecular weight excluding hydrogens is 462 g/mol. The molecule has 1 N–H and O–H groups in total. The van der Waals surface area contributed by atoms with Crippen LogP contribution in [0.5, 0.6) is 17.2 Å². The van der Waals surface area contributed by atoms with Gasteiger partial charge in [-0.2, -0.15) is 0 Å². The summed E-state index contributed by atoms with van der Waals surface area (Å²) in [5.41, 5.74) is 1.73. The first-order chi connectivity index (χ1) is 17.5. The lowest BCUT2D eigenvalue weighted by molar-refractivity contribution is -0.132. The van der Waals surface area contributed by atoms with E-state index in [9.17, 15) is 14.4 Å². The smallest absolute Gasteiger partial charge is 0.265 e. The van der Waals surface area contributed by atoms with Gasteiger partial charge in [-0.15, -0.1) is 0 Å². The van der Waals surface area contributed by atoms with Crippen LogP contribution >= 0.6 is 0 Å². The largest absolute Gasteiger partial charge is 0.493 e. The summed E-state index contributed by atoms with van der Waals surface area (Å²) in [6.07, 6.45) is 6.15. The van der Waals surface area contributed by atoms with Gasteiger partial charge in [0.2, 0.25) is 11.8 Å². The second kappa shape index (κ2) is 11.6. The average Bonchev–Trinajstić information content (AvgIpc) is 2.90. The number of piperidine rings is 1. The second-order valence-electron chi connectivity index (χ2n) is 8.56. The van der Waals surface area contributed by atoms with Crippen molar-refractivity contribution in [3.63, 3.8) is 0 Å². The van der Waals surface area contributed by atoms with Crippen molar-refractivity contribution in [2.24, 2.45) is 0 Å². The number of fused-ring (bicyclic) bond motifs is 1. The number of likely N-dealkylation sites (tertiary alicyclic amines) is 1. The van der Waals surface area contributed by atoms with Crippen molar-refractivity contribution < 1.29 is 28.6 Å². The van der Waals surface area contributed by atoms with Crippen LogP contribution in [0.25, 0.3) is 6.08 Å². The van der Waals surface area contributed by atoms with E-state index in [1.165, 1.54) is 11.0 Å². The van der Waals surface area contributed by atoms with Crippen molar-refractivity contribution in [3.05, 3.63) is 48.0 Å². The van der Waals surface area contributed by atoms with Gasteiger partial charge in [-0.3, -0.25) is 19.3 Å². The van der Waals surface area contributed by atoms with Gasteiger partial charge in [0.15, 0.2) is 18.1 Å². The molecule has 0 saturated carbocycles. The molecule has 0 bridgehead atoms. The molecule has 2 heterocycles. The number of amides is 3. The molecule has 0 unspecified atom stereocenters. The summed E-state index contributed by atoms with van der Waals surface area (Å²) in [6.45, 7) is 3.67. The van der Waals surface area contributed by atoms with E-state index < -0.39 is 0 Å². The highest BCUT2D eigenvalue weighted by Crippen LogP contribution is 2.35. The van der Waals surface area contributed by atoms with Crippen LogP contribution in [0.15, 0.2) is 42.5 Å². The summed E-state index contributed by atoms with van der Waals surface area (Å²) < 4.78 is 16.4. The molecule has 0 aromatic heterocycles. The van der Waals surface area contributed by atoms with Crippen molar-refractivity contribution in [1.29, 1.82) is 0 Å². The zero-order valence-electron chi connectivity index (χ0n) is 20.6. The quantitative estimate of drug-likeness (QED) is 0.566. The lowest BCUT2D eigenvalue weighted by Crippen LogP contribution is -2.47. The number of methoxy groups -OCH3 is 1. The van der Waals surface area contributed by atoms with E-state index in [0.717, 1.165) is 24.8 Å². The van der Waals surface area contributed by atoms with Gasteiger partial charge >= 0.3 is 0 Å². The Labute approximate surface area is 210 Å². The lowest BCUT2D eigenvalue weighted by atomic mass is 10.1. The van der Waals surface area contributed by atoms with E-state index in [1.807, 2.05) is 13.0 Å². The third-order valence-corrected chi connectivity index (χ3v) is 6.09. The topological polar surface area (TPSA) is 97.4 Å². The first-order valence-electron chi connectivity index (χ1n) is 12.1. The maximum absolute atomic E-state index is 12.8. The van der Waals surface area contributed by atoms with E-state index in [0.29, 0.717) is 48.3 Å². The van der Waals surface area contributed by atoms with Crippen LogP contribution in [0.2, 0.25) is 0 Å². The Bertz CT molecular complexity index is 1160. The van der Waals surface area contributed by atoms with E-state index >= 15 is 0 Å². The second-order valence-corrected chi connectivity index (χ2v) is 8.56. The molecule has 2 aromatic carbocycles. The fourth-order valence-corrected chi connectivity index (χ4v) is 4.25. The van der Waals surface area contributed by atoms with Crippen LogP contribution in [-0.2, 0) is 14.4 Å². The number of rotatable bonds is 8. The van der Waals surface area contributed by atoms with Gasteiger partial charge in [0, 0.05) is 24.9 Å². The Morgan fingerprint density at radius 1 is 1.08 bits per heavy atom. The zero-order chi connectivity index (χ0) is 25.5. The maximum atomic E-state index is 12.8. The molecular formula is C27H31N3O6. The minimum atomic E-state index is -0.346. The van der Waals surface area contributed by atoms with Crippen LogP contribution in [0.3, 0.4) is 0 Å². The molecule has 0 atom stereocenters. The zero-order valence-corrected chi connectivity index (χ0v) is 20.6. The first kappa shape index (κ1) is 25.1. The summed E-state index contributed by atoms with van der Waals surface area (Å²) in [6, 6.07) is 10.5. The molecule has 2 aromatic rings. The van der Waals surface area contributed by atoms with Crippen LogP contribution in [0, 0.1) is 0 Å². The standard InChI is InChI=1S/C27H31N3O6/c1-3-35-23-10-7-19(15-24(23)34-2)8-12-25(31)28-20-9-11-22-21(16-20)30(27(33)18-36-22)17-26(32)29-13-5-4-6-14-29/h7-12,15-16H,3-6,13-14,17-18H2,1-2H3,(H,28,31)/b12-8+. The van der Waals surface area contributed by atoms with Gasteiger partial charge < -0.3 is 24.4 Å². The highest BCUT2D eigenvalue weighted by molar-refractivity contribution is 6.05. The average molecular weight is 494 g/mol. The number of carbonyl (C=O) groups excluding carboxylic acids is 3. The van der Waals surface area contributed by atoms with Gasteiger partial charge in [0.25, 0.3) is 5.91 Å². The number of hydrogen-bond acceptors (Lipinski definition) is 6. The van der Waals surface area contributed by atoms with Crippen molar-refractivity contribution in [2.45, 2.75) is 26.2 Å². The third-order valence-electron chi connectivity index (χ3n) is 6.09. The first-order valence-corrected chi connectivity index (χ1v) is 12.1. The highest BCUT2D eigenvalue weighted by atomic mass is 16.5. The van der Waals surface area contributed by atoms with Crippen LogP contribution in [0.1, 0.15) is 31.7 Å². The van der Waals surface area contributed by atoms with Gasteiger partial charge in [-0.1, -0.05) is 6.07 Å². The predicted molar refractivity (Wildman–Crippen MR) is 137 cm³/mol. The number of benzene rings is 2. The molecule has 9 nitrogen and oxygen atoms in total. The molecule has 9 heteroatoms. The Kier molecular flexibility index (Phi) is 8.10. The summed E-state index contributed by atoms with van der Waals surface area (Å²) >= 11 is 0. The monoisotopic (exact) mass is 493 g/mol. The Morgan fingerprint density at radius 3 is 2.64 bits per heavy atom. The number of ether oxygens (including phenoxy) is 3. The van der Waals surface area contributed by atoms with E-state index in [4.69, 9.17) is 14.2 Å². The summed E-state index contributed by atoms with van der Waals surface area (Å²) in [5, 5.41) is 2.80.